The number of hydrogen-bond donors (Lipinski definition) is 1. The van der Waals surface area contributed by atoms with E-state index in [1.807, 2.05) is 24.3 Å². The second-order valence-corrected chi connectivity index (χ2v) is 3.36. The van der Waals surface area contributed by atoms with Crippen molar-refractivity contribution < 1.29 is 4.63 Å². The Morgan fingerprint density at radius 1 is 1.19 bits per heavy atom. The summed E-state index contributed by atoms with van der Waals surface area (Å²) in [5.41, 5.74) is 2.10. The molecule has 0 spiro atoms. The van der Waals surface area contributed by atoms with Gasteiger partial charge in [-0.05, 0) is 34.8 Å². The molecule has 5 heteroatoms. The normalized spacial score (nSPS) is 11.5. The minimum absolute atomic E-state index is 0.457. The highest BCUT2D eigenvalue weighted by molar-refractivity contribution is 5.83. The minimum atomic E-state index is 0.457. The molecule has 78 valence electrons. The van der Waals surface area contributed by atoms with Crippen molar-refractivity contribution >= 4 is 23.1 Å². The molecule has 0 saturated heterocycles. The lowest BCUT2D eigenvalue weighted by Gasteiger charge is -1.84. The van der Waals surface area contributed by atoms with Gasteiger partial charge in [0.1, 0.15) is 0 Å². The molecule has 0 bridgehead atoms. The van der Waals surface area contributed by atoms with Crippen molar-refractivity contribution in [3.8, 4) is 0 Å². The van der Waals surface area contributed by atoms with E-state index in [9.17, 15) is 0 Å². The van der Waals surface area contributed by atoms with Gasteiger partial charge in [-0.15, -0.1) is 0 Å². The summed E-state index contributed by atoms with van der Waals surface area (Å²) in [6.07, 6.45) is 3.62. The van der Waals surface area contributed by atoms with Gasteiger partial charge in [0, 0.05) is 11.2 Å². The van der Waals surface area contributed by atoms with Crippen LogP contribution in [0, 0.1) is 0 Å². The Morgan fingerprint density at radius 2 is 2.12 bits per heavy atom. The summed E-state index contributed by atoms with van der Waals surface area (Å²) < 4.78 is 4.39. The van der Waals surface area contributed by atoms with E-state index in [2.05, 4.69) is 37.3 Å². The molecule has 0 aliphatic heterocycles. The second-order valence-electron chi connectivity index (χ2n) is 3.36. The Hall–Kier alpha value is -2.43. The molecule has 0 saturated carbocycles. The smallest absolute Gasteiger partial charge is 0.219 e. The third-order valence-electron chi connectivity index (χ3n) is 2.28. The van der Waals surface area contributed by atoms with E-state index in [-0.39, 0.29) is 0 Å². The fourth-order valence-corrected chi connectivity index (χ4v) is 1.55. The van der Waals surface area contributed by atoms with Crippen LogP contribution in [0.1, 0.15) is 11.5 Å². The monoisotopic (exact) mass is 212 g/mol. The number of fused-ring (bicyclic) bond motifs is 1. The Labute approximate surface area is 90.7 Å². The number of benzene rings is 1. The summed E-state index contributed by atoms with van der Waals surface area (Å²) in [7, 11) is 0. The van der Waals surface area contributed by atoms with E-state index in [1.165, 1.54) is 5.39 Å². The van der Waals surface area contributed by atoms with Gasteiger partial charge < -0.3 is 4.98 Å². The van der Waals surface area contributed by atoms with Gasteiger partial charge in [0.05, 0.1) is 5.27 Å². The average Bonchev–Trinajstić information content (AvgIpc) is 2.95. The van der Waals surface area contributed by atoms with Gasteiger partial charge in [0.25, 0.3) is 0 Å². The molecule has 5 nitrogen and oxygen atoms in total. The highest BCUT2D eigenvalue weighted by Crippen LogP contribution is 2.15. The number of H-pyrrole nitrogens is 1. The molecular weight excluding hydrogens is 204 g/mol. The van der Waals surface area contributed by atoms with Gasteiger partial charge in [-0.3, -0.25) is 0 Å². The molecule has 16 heavy (non-hydrogen) atoms. The van der Waals surface area contributed by atoms with E-state index >= 15 is 0 Å². The van der Waals surface area contributed by atoms with E-state index < -0.39 is 0 Å². The third-order valence-corrected chi connectivity index (χ3v) is 2.28. The van der Waals surface area contributed by atoms with Gasteiger partial charge in [-0.1, -0.05) is 23.3 Å². The van der Waals surface area contributed by atoms with Crippen molar-refractivity contribution in [2.45, 2.75) is 0 Å². The zero-order valence-corrected chi connectivity index (χ0v) is 8.29. The first-order valence-corrected chi connectivity index (χ1v) is 4.83. The molecule has 2 aromatic heterocycles. The lowest BCUT2D eigenvalue weighted by atomic mass is 10.2. The summed E-state index contributed by atoms with van der Waals surface area (Å²) in [6, 6.07) is 10.1. The molecule has 3 aromatic rings. The second kappa shape index (κ2) is 3.62. The van der Waals surface area contributed by atoms with Crippen molar-refractivity contribution in [3.05, 3.63) is 41.9 Å². The molecule has 0 aliphatic rings. The van der Waals surface area contributed by atoms with Gasteiger partial charge in [-0.2, -0.15) is 0 Å². The van der Waals surface area contributed by atoms with Crippen molar-refractivity contribution in [2.24, 2.45) is 0 Å². The molecular formula is C11H8N4O. The molecule has 1 aromatic carbocycles. The Morgan fingerprint density at radius 3 is 2.94 bits per heavy atom. The maximum atomic E-state index is 4.39. The fourth-order valence-electron chi connectivity index (χ4n) is 1.55. The first-order valence-electron chi connectivity index (χ1n) is 4.83. The van der Waals surface area contributed by atoms with Gasteiger partial charge >= 0.3 is 0 Å². The SMILES string of the molecule is C(=Cc1cc2ccccc2[nH]1)c1nnon1. The summed E-state index contributed by atoms with van der Waals surface area (Å²) >= 11 is 0. The van der Waals surface area contributed by atoms with E-state index in [0.717, 1.165) is 11.2 Å². The molecule has 0 aliphatic carbocycles. The molecule has 0 radical (unpaired) electrons. The van der Waals surface area contributed by atoms with Crippen LogP contribution in [0.3, 0.4) is 0 Å². The van der Waals surface area contributed by atoms with Crippen molar-refractivity contribution in [1.82, 2.24) is 20.5 Å². The number of para-hydroxylation sites is 1. The molecule has 1 N–H and O–H groups in total. The van der Waals surface area contributed by atoms with Crippen LogP contribution in [0.2, 0.25) is 0 Å². The Bertz CT molecular complexity index is 591. The summed E-state index contributed by atoms with van der Waals surface area (Å²) in [6.45, 7) is 0. The zero-order valence-electron chi connectivity index (χ0n) is 8.29. The average molecular weight is 212 g/mol. The van der Waals surface area contributed by atoms with E-state index in [0.29, 0.717) is 5.82 Å². The summed E-state index contributed by atoms with van der Waals surface area (Å²) in [5.74, 6) is 0.457. The molecule has 2 heterocycles. The van der Waals surface area contributed by atoms with Crippen LogP contribution in [0.4, 0.5) is 0 Å². The number of aromatic nitrogens is 4. The largest absolute Gasteiger partial charge is 0.355 e. The van der Waals surface area contributed by atoms with Crippen LogP contribution in [-0.2, 0) is 0 Å². The predicted molar refractivity (Wildman–Crippen MR) is 59.3 cm³/mol. The van der Waals surface area contributed by atoms with Gasteiger partial charge in [0.15, 0.2) is 0 Å². The number of aromatic amines is 1. The van der Waals surface area contributed by atoms with Crippen LogP contribution in [0.25, 0.3) is 23.1 Å². The first-order chi connectivity index (χ1) is 7.92. The van der Waals surface area contributed by atoms with E-state index in [4.69, 9.17) is 0 Å². The van der Waals surface area contributed by atoms with Crippen molar-refractivity contribution in [2.75, 3.05) is 0 Å². The molecule has 0 fully saturated rings. The number of nitrogens with zero attached hydrogens (tertiary/aromatic N) is 3. The van der Waals surface area contributed by atoms with Crippen molar-refractivity contribution in [3.63, 3.8) is 0 Å². The van der Waals surface area contributed by atoms with Crippen LogP contribution >= 0.6 is 0 Å². The van der Waals surface area contributed by atoms with Crippen LogP contribution in [0.15, 0.2) is 35.0 Å². The van der Waals surface area contributed by atoms with Gasteiger partial charge in [0.2, 0.25) is 5.82 Å². The Balaban J connectivity index is 1.95. The highest BCUT2D eigenvalue weighted by atomic mass is 16.6. The number of nitrogens with one attached hydrogen (secondary N) is 1. The number of hydrogen-bond acceptors (Lipinski definition) is 4. The lowest BCUT2D eigenvalue weighted by molar-refractivity contribution is 0.292. The maximum absolute atomic E-state index is 4.39. The highest BCUT2D eigenvalue weighted by Gasteiger charge is 1.97. The van der Waals surface area contributed by atoms with Gasteiger partial charge in [-0.25, -0.2) is 4.63 Å². The molecule has 0 unspecified atom stereocenters. The van der Waals surface area contributed by atoms with Crippen LogP contribution in [0.5, 0.6) is 0 Å². The van der Waals surface area contributed by atoms with Crippen LogP contribution < -0.4 is 0 Å². The summed E-state index contributed by atoms with van der Waals surface area (Å²) in [5, 5.41) is 11.7. The fraction of sp³-hybridized carbons (Fsp3) is 0. The zero-order chi connectivity index (χ0) is 10.8. The Kier molecular flexibility index (Phi) is 2.00. The minimum Gasteiger partial charge on any atom is -0.355 e. The summed E-state index contributed by atoms with van der Waals surface area (Å²) in [4.78, 5) is 3.26. The molecule has 0 atom stereocenters. The lowest BCUT2D eigenvalue weighted by Crippen LogP contribution is -1.74. The van der Waals surface area contributed by atoms with E-state index in [1.54, 1.807) is 6.08 Å². The predicted octanol–water partition coefficient (Wildman–Crippen LogP) is 2.12. The van der Waals surface area contributed by atoms with Crippen LogP contribution in [-0.4, -0.2) is 20.5 Å². The quantitative estimate of drug-likeness (QED) is 0.706. The number of rotatable bonds is 2. The standard InChI is InChI=1S/C11H8N4O/c1-2-4-10-8(3-1)7-9(12-10)5-6-11-13-15-16-14-11/h1-7,12H. The maximum Gasteiger partial charge on any atom is 0.219 e. The van der Waals surface area contributed by atoms with Crippen molar-refractivity contribution in [1.29, 1.82) is 0 Å². The molecule has 3 rings (SSSR count). The first kappa shape index (κ1) is 8.84. The topological polar surface area (TPSA) is 67.6 Å². The molecule has 0 amide bonds. The third kappa shape index (κ3) is 1.58.